The van der Waals surface area contributed by atoms with Crippen LogP contribution in [0.15, 0.2) is 41.2 Å². The summed E-state index contributed by atoms with van der Waals surface area (Å²) in [5.41, 5.74) is 0.282. The van der Waals surface area contributed by atoms with Crippen molar-refractivity contribution in [3.8, 4) is 0 Å². The first-order valence-electron chi connectivity index (χ1n) is 9.65. The first-order chi connectivity index (χ1) is 13.8. The second-order valence-electron chi connectivity index (χ2n) is 6.97. The Morgan fingerprint density at radius 1 is 1.21 bits per heavy atom. The number of anilines is 2. The molecule has 0 aliphatic carbocycles. The maximum absolute atomic E-state index is 14.1. The Balaban J connectivity index is 2.04. The molecule has 3 rings (SSSR count). The number of benzene rings is 1. The molecule has 0 saturated carbocycles. The quantitative estimate of drug-likeness (QED) is 0.686. The van der Waals surface area contributed by atoms with Gasteiger partial charge < -0.3 is 9.64 Å². The third-order valence-electron chi connectivity index (χ3n) is 4.93. The summed E-state index contributed by atoms with van der Waals surface area (Å²) in [4.78, 5) is 19.0. The molecule has 0 spiro atoms. The van der Waals surface area contributed by atoms with Gasteiger partial charge in [-0.05, 0) is 25.8 Å². The van der Waals surface area contributed by atoms with Gasteiger partial charge in [-0.15, -0.1) is 13.2 Å². The van der Waals surface area contributed by atoms with Crippen LogP contribution in [0.4, 0.5) is 24.9 Å². The highest BCUT2D eigenvalue weighted by atomic mass is 19.4. The highest BCUT2D eigenvalue weighted by Crippen LogP contribution is 2.31. The van der Waals surface area contributed by atoms with Crippen molar-refractivity contribution in [3.63, 3.8) is 0 Å². The zero-order chi connectivity index (χ0) is 21.0. The minimum atomic E-state index is -4.69. The molecule has 9 heteroatoms. The highest BCUT2D eigenvalue weighted by molar-refractivity contribution is 5.46. The molecular weight excluding hydrogens is 385 g/mol. The Kier molecular flexibility index (Phi) is 6.46. The van der Waals surface area contributed by atoms with Crippen molar-refractivity contribution >= 4 is 11.8 Å². The molecule has 2 aromatic rings. The Morgan fingerprint density at radius 3 is 2.45 bits per heavy atom. The molecule has 0 N–H and O–H groups in total. The molecule has 29 heavy (non-hydrogen) atoms. The lowest BCUT2D eigenvalue weighted by molar-refractivity contribution is -0.135. The second-order valence-corrected chi connectivity index (χ2v) is 6.97. The van der Waals surface area contributed by atoms with Crippen LogP contribution >= 0.6 is 0 Å². The largest absolute Gasteiger partial charge is 0.487 e. The molecule has 2 heterocycles. The van der Waals surface area contributed by atoms with Gasteiger partial charge in [0.05, 0.1) is 13.2 Å². The van der Waals surface area contributed by atoms with Crippen LogP contribution in [0.1, 0.15) is 19.4 Å². The van der Waals surface area contributed by atoms with Crippen molar-refractivity contribution in [1.29, 1.82) is 0 Å². The van der Waals surface area contributed by atoms with Gasteiger partial charge in [0.15, 0.2) is 0 Å². The van der Waals surface area contributed by atoms with Crippen molar-refractivity contribution in [1.82, 2.24) is 9.55 Å². The minimum Gasteiger partial charge on any atom is -0.378 e. The van der Waals surface area contributed by atoms with E-state index in [1.165, 1.54) is 13.0 Å². The molecule has 6 nitrogen and oxygen atoms in total. The van der Waals surface area contributed by atoms with E-state index in [0.717, 1.165) is 10.1 Å². The van der Waals surface area contributed by atoms with E-state index in [2.05, 4.69) is 4.98 Å². The topological polar surface area (TPSA) is 50.6 Å². The zero-order valence-corrected chi connectivity index (χ0v) is 16.5. The van der Waals surface area contributed by atoms with Crippen LogP contribution < -0.4 is 15.4 Å². The van der Waals surface area contributed by atoms with Gasteiger partial charge in [-0.25, -0.2) is 4.90 Å². The molecule has 1 unspecified atom stereocenters. The second kappa shape index (κ2) is 8.86. The smallest absolute Gasteiger partial charge is 0.378 e. The predicted octanol–water partition coefficient (Wildman–Crippen LogP) is 3.06. The molecule has 1 fully saturated rings. The van der Waals surface area contributed by atoms with E-state index in [1.54, 1.807) is 36.1 Å². The summed E-state index contributed by atoms with van der Waals surface area (Å²) >= 11 is 0. The predicted molar refractivity (Wildman–Crippen MR) is 105 cm³/mol. The maximum atomic E-state index is 14.1. The van der Waals surface area contributed by atoms with Crippen molar-refractivity contribution < 1.29 is 17.9 Å². The molecule has 0 radical (unpaired) electrons. The molecule has 1 atom stereocenters. The molecule has 1 aromatic heterocycles. The SMILES string of the molecule is CCn1c(N(C(C)Cc2ccccc2)C(F)(F)F)nc(N2CCOCC2)cc1=O. The minimum absolute atomic E-state index is 0.0925. The highest BCUT2D eigenvalue weighted by Gasteiger charge is 2.43. The van der Waals surface area contributed by atoms with Crippen molar-refractivity contribution in [2.45, 2.75) is 39.2 Å². The summed E-state index contributed by atoms with van der Waals surface area (Å²) in [7, 11) is 0. The van der Waals surface area contributed by atoms with Gasteiger partial charge in [0, 0.05) is 31.7 Å². The van der Waals surface area contributed by atoms with Gasteiger partial charge >= 0.3 is 6.30 Å². The van der Waals surface area contributed by atoms with Crippen LogP contribution in [0.5, 0.6) is 0 Å². The van der Waals surface area contributed by atoms with Crippen molar-refractivity contribution in [3.05, 3.63) is 52.3 Å². The molecule has 0 amide bonds. The van der Waals surface area contributed by atoms with Gasteiger partial charge in [0.25, 0.3) is 5.56 Å². The maximum Gasteiger partial charge on any atom is 0.487 e. The number of nitrogens with zero attached hydrogens (tertiary/aromatic N) is 4. The Hall–Kier alpha value is -2.55. The van der Waals surface area contributed by atoms with E-state index in [0.29, 0.717) is 31.2 Å². The van der Waals surface area contributed by atoms with Crippen LogP contribution in [0, 0.1) is 0 Å². The van der Waals surface area contributed by atoms with E-state index in [-0.39, 0.29) is 24.7 Å². The average Bonchev–Trinajstić information content (AvgIpc) is 2.68. The first kappa shape index (κ1) is 21.2. The van der Waals surface area contributed by atoms with E-state index in [1.807, 2.05) is 6.07 Å². The van der Waals surface area contributed by atoms with Crippen molar-refractivity contribution in [2.24, 2.45) is 0 Å². The normalized spacial score (nSPS) is 16.0. The lowest BCUT2D eigenvalue weighted by Crippen LogP contribution is -2.49. The van der Waals surface area contributed by atoms with E-state index in [9.17, 15) is 18.0 Å². The first-order valence-corrected chi connectivity index (χ1v) is 9.65. The Morgan fingerprint density at radius 2 is 1.86 bits per heavy atom. The van der Waals surface area contributed by atoms with Gasteiger partial charge in [-0.3, -0.25) is 9.36 Å². The number of ether oxygens (including phenoxy) is 1. The summed E-state index contributed by atoms with van der Waals surface area (Å²) in [6.07, 6.45) is -4.52. The van der Waals surface area contributed by atoms with Gasteiger partial charge in [0.1, 0.15) is 5.82 Å². The van der Waals surface area contributed by atoms with E-state index in [4.69, 9.17) is 4.74 Å². The summed E-state index contributed by atoms with van der Waals surface area (Å²) in [5, 5.41) is 0. The summed E-state index contributed by atoms with van der Waals surface area (Å²) in [6.45, 7) is 5.07. The fourth-order valence-corrected chi connectivity index (χ4v) is 3.52. The third-order valence-corrected chi connectivity index (χ3v) is 4.93. The fourth-order valence-electron chi connectivity index (χ4n) is 3.52. The monoisotopic (exact) mass is 410 g/mol. The third kappa shape index (κ3) is 4.90. The number of morpholine rings is 1. The van der Waals surface area contributed by atoms with Gasteiger partial charge in [-0.2, -0.15) is 4.98 Å². The Labute approximate surface area is 167 Å². The number of alkyl halides is 3. The Bertz CT molecular complexity index is 864. The fraction of sp³-hybridized carbons (Fsp3) is 0.500. The molecule has 0 bridgehead atoms. The van der Waals surface area contributed by atoms with Gasteiger partial charge in [0.2, 0.25) is 5.95 Å². The molecule has 1 aromatic carbocycles. The van der Waals surface area contributed by atoms with Crippen LogP contribution in [0.2, 0.25) is 0 Å². The summed E-state index contributed by atoms with van der Waals surface area (Å²) in [6, 6.07) is 9.33. The molecular formula is C20H25F3N4O2. The number of hydrogen-bond donors (Lipinski definition) is 0. The van der Waals surface area contributed by atoms with Gasteiger partial charge in [-0.1, -0.05) is 30.3 Å². The van der Waals surface area contributed by atoms with Crippen LogP contribution in [0.3, 0.4) is 0 Å². The zero-order valence-electron chi connectivity index (χ0n) is 16.5. The number of rotatable bonds is 6. The number of hydrogen-bond acceptors (Lipinski definition) is 5. The lowest BCUT2D eigenvalue weighted by Gasteiger charge is -2.34. The van der Waals surface area contributed by atoms with E-state index >= 15 is 0 Å². The van der Waals surface area contributed by atoms with Crippen LogP contribution in [-0.2, 0) is 17.7 Å². The average molecular weight is 410 g/mol. The summed E-state index contributed by atoms with van der Waals surface area (Å²) < 4.78 is 48.7. The molecule has 1 aliphatic rings. The van der Waals surface area contributed by atoms with Crippen LogP contribution in [0.25, 0.3) is 0 Å². The number of halogens is 3. The lowest BCUT2D eigenvalue weighted by atomic mass is 10.1. The van der Waals surface area contributed by atoms with Crippen LogP contribution in [-0.4, -0.2) is 48.2 Å². The van der Waals surface area contributed by atoms with Crippen molar-refractivity contribution in [2.75, 3.05) is 36.1 Å². The summed E-state index contributed by atoms with van der Waals surface area (Å²) in [5.74, 6) is -0.128. The van der Waals surface area contributed by atoms with E-state index < -0.39 is 17.9 Å². The molecule has 158 valence electrons. The molecule has 1 aliphatic heterocycles. The number of aromatic nitrogens is 2. The standard InChI is InChI=1S/C20H25F3N4O2/c1-3-26-18(28)14-17(25-9-11-29-12-10-25)24-19(26)27(20(21,22)23)15(2)13-16-7-5-4-6-8-16/h4-8,14-15H,3,9-13H2,1-2H3. The molecule has 1 saturated heterocycles.